The van der Waals surface area contributed by atoms with Crippen molar-refractivity contribution in [2.45, 2.75) is 89.8 Å². The summed E-state index contributed by atoms with van der Waals surface area (Å²) < 4.78 is 6.45. The van der Waals surface area contributed by atoms with Gasteiger partial charge in [-0.3, -0.25) is 4.79 Å². The number of likely N-dealkylation sites (tertiary alicyclic amines) is 1. The molecule has 1 aromatic carbocycles. The number of halogens is 2. The molecule has 30 heavy (non-hydrogen) atoms. The van der Waals surface area contributed by atoms with Gasteiger partial charge in [0.2, 0.25) is 5.91 Å². The van der Waals surface area contributed by atoms with Gasteiger partial charge in [-0.25, -0.2) is 0 Å². The fourth-order valence-electron chi connectivity index (χ4n) is 4.87. The molecule has 1 saturated heterocycles. The first-order valence-corrected chi connectivity index (χ1v) is 13.4. The highest BCUT2D eigenvalue weighted by molar-refractivity contribution is 6.35. The van der Waals surface area contributed by atoms with Gasteiger partial charge in [0.05, 0.1) is 5.60 Å². The lowest BCUT2D eigenvalue weighted by atomic mass is 9.77. The number of benzene rings is 1. The van der Waals surface area contributed by atoms with E-state index in [1.54, 1.807) is 6.07 Å². The van der Waals surface area contributed by atoms with Crippen LogP contribution in [0.2, 0.25) is 15.1 Å². The number of carbonyl (C=O) groups excluding carboxylic acids is 1. The highest BCUT2D eigenvalue weighted by Crippen LogP contribution is 2.39. The summed E-state index contributed by atoms with van der Waals surface area (Å²) in [5.41, 5.74) is 0.972. The molecule has 1 saturated carbocycles. The van der Waals surface area contributed by atoms with Crippen LogP contribution in [-0.2, 0) is 15.6 Å². The van der Waals surface area contributed by atoms with E-state index in [2.05, 4.69) is 39.5 Å². The lowest BCUT2D eigenvalue weighted by Crippen LogP contribution is -2.45. The molecule has 0 N–H and O–H groups in total. The van der Waals surface area contributed by atoms with Crippen molar-refractivity contribution in [1.82, 2.24) is 4.90 Å². The summed E-state index contributed by atoms with van der Waals surface area (Å²) >= 11 is 12.3. The van der Waals surface area contributed by atoms with Gasteiger partial charge in [-0.2, -0.15) is 0 Å². The second kappa shape index (κ2) is 9.52. The Labute approximate surface area is 194 Å². The van der Waals surface area contributed by atoms with E-state index in [0.717, 1.165) is 44.2 Å². The van der Waals surface area contributed by atoms with E-state index >= 15 is 0 Å². The summed E-state index contributed by atoms with van der Waals surface area (Å²) in [6, 6.07) is 5.96. The molecule has 0 aromatic heterocycles. The number of carbonyl (C=O) groups is 1. The zero-order valence-electron chi connectivity index (χ0n) is 19.1. The van der Waals surface area contributed by atoms with Crippen LogP contribution < -0.4 is 0 Å². The Kier molecular flexibility index (Phi) is 7.65. The number of amides is 1. The Morgan fingerprint density at radius 2 is 1.73 bits per heavy atom. The Morgan fingerprint density at radius 1 is 1.07 bits per heavy atom. The molecular formula is C24H37Cl2NO2Si. The second-order valence-electron chi connectivity index (χ2n) is 10.9. The van der Waals surface area contributed by atoms with E-state index in [-0.39, 0.29) is 11.5 Å². The maximum Gasteiger partial charge on any atom is 0.226 e. The molecule has 0 radical (unpaired) electrons. The molecule has 1 aliphatic carbocycles. The first-order valence-electron chi connectivity index (χ1n) is 11.3. The van der Waals surface area contributed by atoms with Crippen LogP contribution in [0.25, 0.3) is 0 Å². The Hall–Kier alpha value is -0.553. The van der Waals surface area contributed by atoms with Gasteiger partial charge >= 0.3 is 0 Å². The maximum absolute atomic E-state index is 13.1. The topological polar surface area (TPSA) is 29.5 Å². The van der Waals surface area contributed by atoms with Crippen molar-refractivity contribution in [2.24, 2.45) is 11.8 Å². The minimum absolute atomic E-state index is 0.0407. The van der Waals surface area contributed by atoms with Gasteiger partial charge in [0.1, 0.15) is 0 Å². The summed E-state index contributed by atoms with van der Waals surface area (Å²) in [5, 5.41) is 1.62. The van der Waals surface area contributed by atoms with Crippen LogP contribution in [0.5, 0.6) is 0 Å². The Bertz CT molecular complexity index is 754. The van der Waals surface area contributed by atoms with Gasteiger partial charge in [0.15, 0.2) is 9.76 Å². The lowest BCUT2D eigenvalue weighted by Gasteiger charge is -2.42. The molecule has 6 heteroatoms. The molecule has 1 atom stereocenters. The SMILES string of the molecule is CC(C)(C)[SiH2]OC(C)(C)[C@H]1CC[C@@H](N2CCC(Cc3ccc(Cl)cc3Cl)C2=O)CC1. The van der Waals surface area contributed by atoms with Crippen LogP contribution in [0, 0.1) is 11.8 Å². The van der Waals surface area contributed by atoms with Crippen molar-refractivity contribution in [3.05, 3.63) is 33.8 Å². The third kappa shape index (κ3) is 6.03. The van der Waals surface area contributed by atoms with E-state index < -0.39 is 9.76 Å². The first kappa shape index (κ1) is 24.1. The minimum atomic E-state index is -0.561. The summed E-state index contributed by atoms with van der Waals surface area (Å²) in [7, 11) is -0.561. The Morgan fingerprint density at radius 3 is 2.33 bits per heavy atom. The smallest absolute Gasteiger partial charge is 0.226 e. The van der Waals surface area contributed by atoms with Crippen LogP contribution in [-0.4, -0.2) is 38.8 Å². The zero-order valence-corrected chi connectivity index (χ0v) is 22.1. The van der Waals surface area contributed by atoms with Crippen molar-refractivity contribution >= 4 is 38.9 Å². The van der Waals surface area contributed by atoms with Gasteiger partial charge < -0.3 is 9.33 Å². The third-order valence-corrected chi connectivity index (χ3v) is 9.17. The molecule has 0 bridgehead atoms. The third-order valence-electron chi connectivity index (χ3n) is 6.83. The van der Waals surface area contributed by atoms with E-state index in [1.807, 2.05) is 12.1 Å². The summed E-state index contributed by atoms with van der Waals surface area (Å²) in [6.45, 7) is 12.2. The molecule has 0 spiro atoms. The van der Waals surface area contributed by atoms with Crippen LogP contribution in [0.4, 0.5) is 0 Å². The summed E-state index contributed by atoms with van der Waals surface area (Å²) in [6.07, 6.45) is 6.10. The molecular weight excluding hydrogens is 433 g/mol. The molecule has 1 heterocycles. The highest BCUT2D eigenvalue weighted by atomic mass is 35.5. The summed E-state index contributed by atoms with van der Waals surface area (Å²) in [5.74, 6) is 0.934. The monoisotopic (exact) mass is 469 g/mol. The average Bonchev–Trinajstić information content (AvgIpc) is 3.02. The van der Waals surface area contributed by atoms with Crippen LogP contribution in [0.15, 0.2) is 18.2 Å². The maximum atomic E-state index is 13.1. The van der Waals surface area contributed by atoms with Crippen molar-refractivity contribution in [3.63, 3.8) is 0 Å². The first-order chi connectivity index (χ1) is 14.0. The molecule has 1 unspecified atom stereocenters. The second-order valence-corrected chi connectivity index (χ2v) is 14.5. The summed E-state index contributed by atoms with van der Waals surface area (Å²) in [4.78, 5) is 15.3. The predicted octanol–water partition coefficient (Wildman–Crippen LogP) is 6.04. The molecule has 1 aromatic rings. The largest absolute Gasteiger partial charge is 0.418 e. The van der Waals surface area contributed by atoms with Crippen LogP contribution >= 0.6 is 23.2 Å². The molecule has 3 nitrogen and oxygen atoms in total. The van der Waals surface area contributed by atoms with Crippen molar-refractivity contribution in [2.75, 3.05) is 6.54 Å². The predicted molar refractivity (Wildman–Crippen MR) is 129 cm³/mol. The quantitative estimate of drug-likeness (QED) is 0.475. The average molecular weight is 471 g/mol. The minimum Gasteiger partial charge on any atom is -0.418 e. The van der Waals surface area contributed by atoms with Crippen molar-refractivity contribution < 1.29 is 9.22 Å². The van der Waals surface area contributed by atoms with Gasteiger partial charge in [-0.15, -0.1) is 0 Å². The number of hydrogen-bond acceptors (Lipinski definition) is 2. The van der Waals surface area contributed by atoms with Gasteiger partial charge in [-0.1, -0.05) is 50.0 Å². The van der Waals surface area contributed by atoms with E-state index in [0.29, 0.717) is 39.4 Å². The lowest BCUT2D eigenvalue weighted by molar-refractivity contribution is -0.133. The van der Waals surface area contributed by atoms with Crippen molar-refractivity contribution in [3.8, 4) is 0 Å². The van der Waals surface area contributed by atoms with Gasteiger partial charge in [0.25, 0.3) is 0 Å². The van der Waals surface area contributed by atoms with Crippen molar-refractivity contribution in [1.29, 1.82) is 0 Å². The highest BCUT2D eigenvalue weighted by Gasteiger charge is 2.40. The fourth-order valence-corrected chi connectivity index (χ4v) is 6.40. The Balaban J connectivity index is 1.53. The number of hydrogen-bond donors (Lipinski definition) is 0. The standard InChI is InChI=1S/C24H37Cl2NO2Si/c1-23(2,3)30-29-24(4,5)18-7-10-20(11-8-18)27-13-12-17(22(27)28)14-16-6-9-19(25)15-21(16)26/h6,9,15,17-18,20H,7-8,10-14,30H2,1-5H3/t17?,18-,20+. The fraction of sp³-hybridized carbons (Fsp3) is 0.708. The molecule has 1 aliphatic heterocycles. The molecule has 168 valence electrons. The van der Waals surface area contributed by atoms with Crippen LogP contribution in [0.1, 0.15) is 72.3 Å². The van der Waals surface area contributed by atoms with Gasteiger partial charge in [0, 0.05) is 28.5 Å². The normalized spacial score (nSPS) is 26.2. The van der Waals surface area contributed by atoms with E-state index in [4.69, 9.17) is 27.6 Å². The molecule has 2 fully saturated rings. The van der Waals surface area contributed by atoms with Crippen LogP contribution in [0.3, 0.4) is 0 Å². The zero-order chi connectivity index (χ0) is 22.1. The molecule has 3 rings (SSSR count). The van der Waals surface area contributed by atoms with E-state index in [1.165, 1.54) is 0 Å². The molecule has 1 amide bonds. The van der Waals surface area contributed by atoms with E-state index in [9.17, 15) is 4.79 Å². The van der Waals surface area contributed by atoms with Gasteiger partial charge in [-0.05, 0) is 81.0 Å². The number of nitrogens with zero attached hydrogens (tertiary/aromatic N) is 1. The number of rotatable bonds is 6. The molecule has 2 aliphatic rings.